The molecule has 0 heterocycles. The molecule has 0 aliphatic rings. The topological polar surface area (TPSA) is 52.6 Å². The van der Waals surface area contributed by atoms with Gasteiger partial charge >= 0.3 is 11.9 Å². The van der Waals surface area contributed by atoms with Crippen LogP contribution in [0.15, 0.2) is 30.4 Å². The van der Waals surface area contributed by atoms with Gasteiger partial charge in [0.05, 0.1) is 6.61 Å². The van der Waals surface area contributed by atoms with Crippen LogP contribution < -0.4 is 4.74 Å². The summed E-state index contributed by atoms with van der Waals surface area (Å²) in [7, 11) is 0. The van der Waals surface area contributed by atoms with E-state index in [1.165, 1.54) is 51.4 Å². The van der Waals surface area contributed by atoms with Crippen molar-refractivity contribution in [3.63, 3.8) is 0 Å². The van der Waals surface area contributed by atoms with E-state index in [-0.39, 0.29) is 0 Å². The molecule has 0 amide bonds. The number of carbonyl (C=O) groups is 2. The number of rotatable bonds is 14. The Bertz CT molecular complexity index is 619. The standard InChI is InChI=1S/C24H36O4/c1-4-5-6-7-8-9-10-11-12-13-18-27-23(25)16-17-24(26)28-22-15-14-20(2)21(3)19-22/h14-17,19H,4-13,18H2,1-3H3/b17-16+. The first-order valence-electron chi connectivity index (χ1n) is 10.7. The van der Waals surface area contributed by atoms with Gasteiger partial charge in [0, 0.05) is 12.2 Å². The van der Waals surface area contributed by atoms with Crippen LogP contribution in [0.25, 0.3) is 0 Å². The first-order chi connectivity index (χ1) is 13.5. The van der Waals surface area contributed by atoms with Gasteiger partial charge in [0.1, 0.15) is 5.75 Å². The molecule has 0 aromatic heterocycles. The van der Waals surface area contributed by atoms with Crippen molar-refractivity contribution in [2.45, 2.75) is 85.0 Å². The van der Waals surface area contributed by atoms with Crippen LogP contribution in [0, 0.1) is 13.8 Å². The molecule has 1 aromatic rings. The molecule has 0 saturated carbocycles. The zero-order valence-corrected chi connectivity index (χ0v) is 17.8. The van der Waals surface area contributed by atoms with Gasteiger partial charge in [-0.25, -0.2) is 9.59 Å². The zero-order chi connectivity index (χ0) is 20.6. The largest absolute Gasteiger partial charge is 0.463 e. The van der Waals surface area contributed by atoms with Crippen molar-refractivity contribution in [1.29, 1.82) is 0 Å². The molecule has 28 heavy (non-hydrogen) atoms. The van der Waals surface area contributed by atoms with Crippen LogP contribution in [0.1, 0.15) is 82.3 Å². The summed E-state index contributed by atoms with van der Waals surface area (Å²) in [6, 6.07) is 5.42. The number of esters is 2. The summed E-state index contributed by atoms with van der Waals surface area (Å²) in [6.45, 7) is 6.57. The van der Waals surface area contributed by atoms with Crippen molar-refractivity contribution < 1.29 is 19.1 Å². The van der Waals surface area contributed by atoms with Crippen molar-refractivity contribution in [3.8, 4) is 5.75 Å². The molecule has 0 bridgehead atoms. The second-order valence-corrected chi connectivity index (χ2v) is 7.35. The lowest BCUT2D eigenvalue weighted by atomic mass is 10.1. The summed E-state index contributed by atoms with van der Waals surface area (Å²) in [5.41, 5.74) is 2.18. The predicted octanol–water partition coefficient (Wildman–Crippen LogP) is 6.23. The number of hydrogen-bond acceptors (Lipinski definition) is 4. The molecule has 4 nitrogen and oxygen atoms in total. The van der Waals surface area contributed by atoms with E-state index in [1.807, 2.05) is 19.9 Å². The van der Waals surface area contributed by atoms with Crippen molar-refractivity contribution in [2.75, 3.05) is 6.61 Å². The highest BCUT2D eigenvalue weighted by Crippen LogP contribution is 2.16. The Labute approximate surface area is 170 Å². The fourth-order valence-corrected chi connectivity index (χ4v) is 2.87. The van der Waals surface area contributed by atoms with E-state index in [9.17, 15) is 9.59 Å². The molecule has 0 spiro atoms. The molecule has 1 rings (SSSR count). The number of aryl methyl sites for hydroxylation is 2. The quantitative estimate of drug-likeness (QED) is 0.164. The summed E-state index contributed by atoms with van der Waals surface area (Å²) in [4.78, 5) is 23.4. The molecule has 0 unspecified atom stereocenters. The summed E-state index contributed by atoms with van der Waals surface area (Å²) in [5.74, 6) is -0.622. The highest BCUT2D eigenvalue weighted by molar-refractivity contribution is 5.92. The average molecular weight is 389 g/mol. The minimum Gasteiger partial charge on any atom is -0.463 e. The third kappa shape index (κ3) is 11.6. The van der Waals surface area contributed by atoms with Crippen LogP contribution in [0.5, 0.6) is 5.75 Å². The van der Waals surface area contributed by atoms with Gasteiger partial charge in [0.25, 0.3) is 0 Å². The lowest BCUT2D eigenvalue weighted by Crippen LogP contribution is -2.07. The third-order valence-electron chi connectivity index (χ3n) is 4.79. The van der Waals surface area contributed by atoms with Crippen LogP contribution in [0.2, 0.25) is 0 Å². The van der Waals surface area contributed by atoms with Crippen LogP contribution in [-0.2, 0) is 14.3 Å². The van der Waals surface area contributed by atoms with Gasteiger partial charge in [0.2, 0.25) is 0 Å². The summed E-state index contributed by atoms with van der Waals surface area (Å²) < 4.78 is 10.3. The van der Waals surface area contributed by atoms with Crippen LogP contribution in [0.3, 0.4) is 0 Å². The van der Waals surface area contributed by atoms with Gasteiger partial charge in [-0.3, -0.25) is 0 Å². The Kier molecular flexibility index (Phi) is 12.7. The Morgan fingerprint density at radius 3 is 1.96 bits per heavy atom. The minimum absolute atomic E-state index is 0.395. The lowest BCUT2D eigenvalue weighted by Gasteiger charge is -2.05. The number of hydrogen-bond donors (Lipinski definition) is 0. The number of benzene rings is 1. The SMILES string of the molecule is CCCCCCCCCCCCOC(=O)/C=C/C(=O)Oc1ccc(C)c(C)c1. The lowest BCUT2D eigenvalue weighted by molar-refractivity contribution is -0.138. The van der Waals surface area contributed by atoms with Crippen LogP contribution in [-0.4, -0.2) is 18.5 Å². The maximum Gasteiger partial charge on any atom is 0.336 e. The summed E-state index contributed by atoms with van der Waals surface area (Å²) in [5, 5.41) is 0. The predicted molar refractivity (Wildman–Crippen MR) is 113 cm³/mol. The van der Waals surface area contributed by atoms with Crippen molar-refractivity contribution >= 4 is 11.9 Å². The average Bonchev–Trinajstić information content (AvgIpc) is 2.67. The van der Waals surface area contributed by atoms with Crippen LogP contribution >= 0.6 is 0 Å². The summed E-state index contributed by atoms with van der Waals surface area (Å²) >= 11 is 0. The Morgan fingerprint density at radius 1 is 0.786 bits per heavy atom. The van der Waals surface area contributed by atoms with Crippen molar-refractivity contribution in [1.82, 2.24) is 0 Å². The molecule has 0 radical (unpaired) electrons. The number of carbonyl (C=O) groups excluding carboxylic acids is 2. The Morgan fingerprint density at radius 2 is 1.36 bits per heavy atom. The maximum atomic E-state index is 11.8. The maximum absolute atomic E-state index is 11.8. The van der Waals surface area contributed by atoms with E-state index in [2.05, 4.69) is 6.92 Å². The zero-order valence-electron chi connectivity index (χ0n) is 17.8. The second-order valence-electron chi connectivity index (χ2n) is 7.35. The normalized spacial score (nSPS) is 11.0. The smallest absolute Gasteiger partial charge is 0.336 e. The van der Waals surface area contributed by atoms with E-state index < -0.39 is 11.9 Å². The molecule has 156 valence electrons. The molecular weight excluding hydrogens is 352 g/mol. The first-order valence-corrected chi connectivity index (χ1v) is 10.7. The van der Waals surface area contributed by atoms with Gasteiger partial charge in [-0.1, -0.05) is 70.8 Å². The van der Waals surface area contributed by atoms with Gasteiger partial charge in [-0.05, 0) is 43.5 Å². The van der Waals surface area contributed by atoms with Crippen molar-refractivity contribution in [2.24, 2.45) is 0 Å². The molecule has 0 aliphatic carbocycles. The van der Waals surface area contributed by atoms with E-state index in [0.717, 1.165) is 36.1 Å². The highest BCUT2D eigenvalue weighted by atomic mass is 16.5. The third-order valence-corrected chi connectivity index (χ3v) is 4.79. The first kappa shape index (κ1) is 23.9. The molecule has 4 heteroatoms. The van der Waals surface area contributed by atoms with Crippen LogP contribution in [0.4, 0.5) is 0 Å². The minimum atomic E-state index is -0.584. The molecular formula is C24H36O4. The van der Waals surface area contributed by atoms with Crippen molar-refractivity contribution in [3.05, 3.63) is 41.5 Å². The highest BCUT2D eigenvalue weighted by Gasteiger charge is 2.04. The molecule has 0 atom stereocenters. The monoisotopic (exact) mass is 388 g/mol. The van der Waals surface area contributed by atoms with E-state index >= 15 is 0 Å². The molecule has 0 saturated heterocycles. The Balaban J connectivity index is 2.06. The van der Waals surface area contributed by atoms with E-state index in [0.29, 0.717) is 12.4 Å². The molecule has 0 N–H and O–H groups in total. The fraction of sp³-hybridized carbons (Fsp3) is 0.583. The van der Waals surface area contributed by atoms with Gasteiger partial charge < -0.3 is 9.47 Å². The van der Waals surface area contributed by atoms with Gasteiger partial charge in [-0.2, -0.15) is 0 Å². The Hall–Kier alpha value is -2.10. The second kappa shape index (κ2) is 14.9. The molecule has 0 aliphatic heterocycles. The fourth-order valence-electron chi connectivity index (χ4n) is 2.87. The number of unbranched alkanes of at least 4 members (excludes halogenated alkanes) is 9. The molecule has 1 aromatic carbocycles. The van der Waals surface area contributed by atoms with E-state index in [4.69, 9.17) is 9.47 Å². The van der Waals surface area contributed by atoms with Gasteiger partial charge in [0.15, 0.2) is 0 Å². The molecule has 0 fully saturated rings. The van der Waals surface area contributed by atoms with Gasteiger partial charge in [-0.15, -0.1) is 0 Å². The summed E-state index contributed by atoms with van der Waals surface area (Å²) in [6.07, 6.45) is 14.6. The number of ether oxygens (including phenoxy) is 2. The van der Waals surface area contributed by atoms with E-state index in [1.54, 1.807) is 12.1 Å².